The van der Waals surface area contributed by atoms with Gasteiger partial charge in [0, 0.05) is 35.0 Å². The highest BCUT2D eigenvalue weighted by atomic mass is 16.5. The van der Waals surface area contributed by atoms with Crippen LogP contribution in [0.4, 0.5) is 5.69 Å². The van der Waals surface area contributed by atoms with Gasteiger partial charge >= 0.3 is 0 Å². The molecular formula is C21H22N2O4. The van der Waals surface area contributed by atoms with Crippen molar-refractivity contribution in [1.82, 2.24) is 5.32 Å². The Kier molecular flexibility index (Phi) is 5.76. The lowest BCUT2D eigenvalue weighted by Gasteiger charge is -2.08. The predicted octanol–water partition coefficient (Wildman–Crippen LogP) is 3.25. The van der Waals surface area contributed by atoms with Crippen molar-refractivity contribution >= 4 is 23.6 Å². The third-order valence-electron chi connectivity index (χ3n) is 4.16. The van der Waals surface area contributed by atoms with Crippen molar-refractivity contribution in [3.63, 3.8) is 0 Å². The number of ether oxygens (including phenoxy) is 2. The van der Waals surface area contributed by atoms with Gasteiger partial charge in [-0.05, 0) is 49.2 Å². The molecule has 0 atom stereocenters. The maximum Gasteiger partial charge on any atom is 0.251 e. The molecule has 0 heterocycles. The van der Waals surface area contributed by atoms with Crippen LogP contribution in [0.2, 0.25) is 0 Å². The second-order valence-electron chi connectivity index (χ2n) is 6.26. The van der Waals surface area contributed by atoms with Crippen molar-refractivity contribution in [2.45, 2.75) is 18.9 Å². The van der Waals surface area contributed by atoms with Gasteiger partial charge in [-0.3, -0.25) is 9.59 Å². The van der Waals surface area contributed by atoms with Crippen LogP contribution >= 0.6 is 0 Å². The number of anilines is 1. The lowest BCUT2D eigenvalue weighted by atomic mass is 10.1. The largest absolute Gasteiger partial charge is 0.497 e. The van der Waals surface area contributed by atoms with Gasteiger partial charge in [0.1, 0.15) is 11.5 Å². The van der Waals surface area contributed by atoms with E-state index in [1.165, 1.54) is 6.08 Å². The monoisotopic (exact) mass is 366 g/mol. The first-order valence-corrected chi connectivity index (χ1v) is 8.71. The maximum atomic E-state index is 12.2. The molecule has 140 valence electrons. The number of rotatable bonds is 7. The van der Waals surface area contributed by atoms with E-state index in [1.54, 1.807) is 56.7 Å². The van der Waals surface area contributed by atoms with Crippen LogP contribution in [0.25, 0.3) is 6.08 Å². The van der Waals surface area contributed by atoms with E-state index in [2.05, 4.69) is 10.6 Å². The third kappa shape index (κ3) is 5.10. The molecule has 3 rings (SSSR count). The molecule has 27 heavy (non-hydrogen) atoms. The minimum Gasteiger partial charge on any atom is -0.497 e. The van der Waals surface area contributed by atoms with Crippen molar-refractivity contribution in [2.75, 3.05) is 19.5 Å². The zero-order valence-electron chi connectivity index (χ0n) is 15.3. The molecule has 0 spiro atoms. The number of carbonyl (C=O) groups excluding carboxylic acids is 2. The quantitative estimate of drug-likeness (QED) is 0.738. The van der Waals surface area contributed by atoms with E-state index in [9.17, 15) is 9.59 Å². The summed E-state index contributed by atoms with van der Waals surface area (Å²) in [6.45, 7) is 0. The summed E-state index contributed by atoms with van der Waals surface area (Å²) in [6, 6.07) is 12.5. The first-order chi connectivity index (χ1) is 13.1. The van der Waals surface area contributed by atoms with E-state index in [0.29, 0.717) is 22.7 Å². The number of hydrogen-bond donors (Lipinski definition) is 2. The lowest BCUT2D eigenvalue weighted by Crippen LogP contribution is -2.25. The zero-order chi connectivity index (χ0) is 19.2. The summed E-state index contributed by atoms with van der Waals surface area (Å²) < 4.78 is 10.5. The van der Waals surface area contributed by atoms with E-state index >= 15 is 0 Å². The van der Waals surface area contributed by atoms with E-state index < -0.39 is 0 Å². The zero-order valence-corrected chi connectivity index (χ0v) is 15.3. The number of benzene rings is 2. The topological polar surface area (TPSA) is 76.7 Å². The number of nitrogens with one attached hydrogen (secondary N) is 2. The summed E-state index contributed by atoms with van der Waals surface area (Å²) in [6.07, 6.45) is 5.14. The van der Waals surface area contributed by atoms with Gasteiger partial charge in [-0.15, -0.1) is 0 Å². The van der Waals surface area contributed by atoms with Crippen molar-refractivity contribution in [2.24, 2.45) is 0 Å². The Bertz CT molecular complexity index is 872. The van der Waals surface area contributed by atoms with Crippen LogP contribution in [0.5, 0.6) is 11.5 Å². The van der Waals surface area contributed by atoms with Gasteiger partial charge in [-0.2, -0.15) is 0 Å². The number of carbonyl (C=O) groups is 2. The van der Waals surface area contributed by atoms with E-state index in [1.807, 2.05) is 6.07 Å². The minimum atomic E-state index is -0.298. The fourth-order valence-corrected chi connectivity index (χ4v) is 2.54. The molecule has 2 aromatic rings. The normalized spacial score (nSPS) is 13.3. The smallest absolute Gasteiger partial charge is 0.251 e. The van der Waals surface area contributed by atoms with Crippen LogP contribution in [0.15, 0.2) is 48.5 Å². The van der Waals surface area contributed by atoms with Crippen molar-refractivity contribution in [3.8, 4) is 11.5 Å². The Morgan fingerprint density at radius 3 is 2.59 bits per heavy atom. The average Bonchev–Trinajstić information content (AvgIpc) is 3.50. The summed E-state index contributed by atoms with van der Waals surface area (Å²) in [4.78, 5) is 24.3. The molecule has 6 heteroatoms. The van der Waals surface area contributed by atoms with Crippen LogP contribution in [0.1, 0.15) is 28.8 Å². The number of amides is 2. The summed E-state index contributed by atoms with van der Waals surface area (Å²) in [5.74, 6) is 0.867. The molecule has 1 saturated carbocycles. The molecule has 0 aliphatic heterocycles. The van der Waals surface area contributed by atoms with Crippen molar-refractivity contribution in [1.29, 1.82) is 0 Å². The SMILES string of the molecule is COc1ccc(/C=C/C(=O)Nc2cccc(C(=O)NC3CC3)c2)c(OC)c1. The molecule has 1 aliphatic carbocycles. The summed E-state index contributed by atoms with van der Waals surface area (Å²) in [5.41, 5.74) is 1.85. The van der Waals surface area contributed by atoms with Crippen molar-refractivity contribution in [3.05, 3.63) is 59.7 Å². The predicted molar refractivity (Wildman–Crippen MR) is 104 cm³/mol. The highest BCUT2D eigenvalue weighted by molar-refractivity contribution is 6.03. The molecule has 6 nitrogen and oxygen atoms in total. The first-order valence-electron chi connectivity index (χ1n) is 8.71. The molecular weight excluding hydrogens is 344 g/mol. The van der Waals surface area contributed by atoms with Gasteiger partial charge in [0.15, 0.2) is 0 Å². The molecule has 0 radical (unpaired) electrons. The molecule has 2 amide bonds. The molecule has 2 N–H and O–H groups in total. The molecule has 0 bridgehead atoms. The number of hydrogen-bond acceptors (Lipinski definition) is 4. The Hall–Kier alpha value is -3.28. The molecule has 0 unspecified atom stereocenters. The highest BCUT2D eigenvalue weighted by Gasteiger charge is 2.23. The Morgan fingerprint density at radius 1 is 1.07 bits per heavy atom. The van der Waals surface area contributed by atoms with Crippen LogP contribution in [0, 0.1) is 0 Å². The van der Waals surface area contributed by atoms with Crippen LogP contribution in [-0.2, 0) is 4.79 Å². The summed E-state index contributed by atoms with van der Waals surface area (Å²) in [7, 11) is 3.14. The molecule has 2 aromatic carbocycles. The van der Waals surface area contributed by atoms with Gasteiger partial charge in [0.05, 0.1) is 14.2 Å². The molecule has 1 aliphatic rings. The number of methoxy groups -OCH3 is 2. The van der Waals surface area contributed by atoms with Crippen molar-refractivity contribution < 1.29 is 19.1 Å². The van der Waals surface area contributed by atoms with Gasteiger partial charge in [0.25, 0.3) is 5.91 Å². The second kappa shape index (κ2) is 8.40. The van der Waals surface area contributed by atoms with Crippen LogP contribution in [0.3, 0.4) is 0 Å². The summed E-state index contributed by atoms with van der Waals surface area (Å²) in [5, 5.41) is 5.69. The highest BCUT2D eigenvalue weighted by Crippen LogP contribution is 2.25. The Balaban J connectivity index is 1.65. The first kappa shape index (κ1) is 18.5. The Labute approximate surface area is 158 Å². The maximum absolute atomic E-state index is 12.2. The van der Waals surface area contributed by atoms with Gasteiger partial charge in [-0.1, -0.05) is 6.07 Å². The van der Waals surface area contributed by atoms with Gasteiger partial charge in [-0.25, -0.2) is 0 Å². The minimum absolute atomic E-state index is 0.118. The fourth-order valence-electron chi connectivity index (χ4n) is 2.54. The molecule has 0 aromatic heterocycles. The third-order valence-corrected chi connectivity index (χ3v) is 4.16. The van der Waals surface area contributed by atoms with Crippen LogP contribution < -0.4 is 20.1 Å². The fraction of sp³-hybridized carbons (Fsp3) is 0.238. The van der Waals surface area contributed by atoms with E-state index in [4.69, 9.17) is 9.47 Å². The molecule has 0 saturated heterocycles. The summed E-state index contributed by atoms with van der Waals surface area (Å²) >= 11 is 0. The standard InChI is InChI=1S/C21H22N2O4/c1-26-18-10-6-14(19(13-18)27-2)7-11-20(24)22-17-5-3-4-15(12-17)21(25)23-16-8-9-16/h3-7,10-13,16H,8-9H2,1-2H3,(H,22,24)(H,23,25)/b11-7+. The second-order valence-corrected chi connectivity index (χ2v) is 6.26. The van der Waals surface area contributed by atoms with Crippen LogP contribution in [-0.4, -0.2) is 32.1 Å². The van der Waals surface area contributed by atoms with E-state index in [-0.39, 0.29) is 17.9 Å². The lowest BCUT2D eigenvalue weighted by molar-refractivity contribution is -0.111. The van der Waals surface area contributed by atoms with Gasteiger partial charge in [0.2, 0.25) is 5.91 Å². The van der Waals surface area contributed by atoms with E-state index in [0.717, 1.165) is 18.4 Å². The molecule has 1 fully saturated rings. The Morgan fingerprint density at radius 2 is 1.89 bits per heavy atom. The average molecular weight is 366 g/mol. The van der Waals surface area contributed by atoms with Gasteiger partial charge < -0.3 is 20.1 Å².